The van der Waals surface area contributed by atoms with Crippen LogP contribution in [0.15, 0.2) is 42.5 Å². The molecule has 0 radical (unpaired) electrons. The maximum atomic E-state index is 10.6. The van der Waals surface area contributed by atoms with Crippen LogP contribution >= 0.6 is 0 Å². The van der Waals surface area contributed by atoms with Gasteiger partial charge >= 0.3 is 0 Å². The molecule has 0 saturated heterocycles. The summed E-state index contributed by atoms with van der Waals surface area (Å²) in [5.74, 6) is 1.14. The van der Waals surface area contributed by atoms with Crippen LogP contribution in [0.5, 0.6) is 0 Å². The van der Waals surface area contributed by atoms with Crippen molar-refractivity contribution in [2.45, 2.75) is 12.5 Å². The second kappa shape index (κ2) is 5.29. The first-order valence-electron chi connectivity index (χ1n) is 7.80. The van der Waals surface area contributed by atoms with Gasteiger partial charge in [-0.1, -0.05) is 48.5 Å². The molecule has 0 aromatic heterocycles. The second-order valence-corrected chi connectivity index (χ2v) is 8.89. The van der Waals surface area contributed by atoms with Crippen molar-refractivity contribution in [1.29, 1.82) is 0 Å². The van der Waals surface area contributed by atoms with E-state index in [1.165, 1.54) is 32.3 Å². The van der Waals surface area contributed by atoms with Gasteiger partial charge in [-0.05, 0) is 49.6 Å². The fourth-order valence-electron chi connectivity index (χ4n) is 3.75. The molecule has 22 heavy (non-hydrogen) atoms. The molecule has 1 aliphatic carbocycles. The molecule has 2 atom stereocenters. The molecule has 3 aromatic rings. The van der Waals surface area contributed by atoms with Crippen molar-refractivity contribution in [2.24, 2.45) is 5.92 Å². The van der Waals surface area contributed by atoms with Crippen molar-refractivity contribution < 1.29 is 5.11 Å². The SMILES string of the molecule is C[S+](C)CC(O)C1C=c2ccc3cccc4ccc(c2c43)C1. The molecule has 1 nitrogen and oxygen atoms in total. The highest BCUT2D eigenvalue weighted by molar-refractivity contribution is 7.95. The first-order chi connectivity index (χ1) is 10.6. The van der Waals surface area contributed by atoms with E-state index < -0.39 is 0 Å². The van der Waals surface area contributed by atoms with Crippen molar-refractivity contribution in [1.82, 2.24) is 0 Å². The van der Waals surface area contributed by atoms with Gasteiger partial charge in [-0.2, -0.15) is 0 Å². The summed E-state index contributed by atoms with van der Waals surface area (Å²) >= 11 is 0. The Morgan fingerprint density at radius 2 is 1.77 bits per heavy atom. The van der Waals surface area contributed by atoms with Crippen LogP contribution in [-0.4, -0.2) is 29.5 Å². The van der Waals surface area contributed by atoms with Crippen LogP contribution in [0.3, 0.4) is 0 Å². The molecule has 2 unspecified atom stereocenters. The molecule has 4 rings (SSSR count). The number of hydrogen-bond acceptors (Lipinski definition) is 1. The zero-order valence-electron chi connectivity index (χ0n) is 13.0. The van der Waals surface area contributed by atoms with Gasteiger partial charge in [-0.15, -0.1) is 0 Å². The molecule has 0 fully saturated rings. The largest absolute Gasteiger partial charge is 0.388 e. The van der Waals surface area contributed by atoms with Gasteiger partial charge in [0.25, 0.3) is 0 Å². The summed E-state index contributed by atoms with van der Waals surface area (Å²) in [7, 11) is 0.274. The zero-order chi connectivity index (χ0) is 15.3. The Morgan fingerprint density at radius 3 is 2.50 bits per heavy atom. The zero-order valence-corrected chi connectivity index (χ0v) is 13.9. The van der Waals surface area contributed by atoms with E-state index in [2.05, 4.69) is 61.1 Å². The van der Waals surface area contributed by atoms with Crippen molar-refractivity contribution in [3.63, 3.8) is 0 Å². The van der Waals surface area contributed by atoms with E-state index in [1.807, 2.05) is 0 Å². The highest BCUT2D eigenvalue weighted by atomic mass is 32.2. The Bertz CT molecular complexity index is 881. The minimum absolute atomic E-state index is 0.236. The molecular formula is C20H21OS+. The van der Waals surface area contributed by atoms with E-state index >= 15 is 0 Å². The van der Waals surface area contributed by atoms with Crippen LogP contribution in [0.2, 0.25) is 0 Å². The summed E-state index contributed by atoms with van der Waals surface area (Å²) in [4.78, 5) is 0. The summed E-state index contributed by atoms with van der Waals surface area (Å²) < 4.78 is 0. The van der Waals surface area contributed by atoms with Gasteiger partial charge in [-0.25, -0.2) is 0 Å². The molecule has 0 heterocycles. The molecule has 0 amide bonds. The van der Waals surface area contributed by atoms with Gasteiger partial charge < -0.3 is 5.11 Å². The first kappa shape index (κ1) is 14.1. The van der Waals surface area contributed by atoms with E-state index in [0.29, 0.717) is 0 Å². The lowest BCUT2D eigenvalue weighted by Crippen LogP contribution is -2.31. The van der Waals surface area contributed by atoms with Crippen LogP contribution in [0, 0.1) is 5.92 Å². The smallest absolute Gasteiger partial charge is 0.134 e. The third-order valence-corrected chi connectivity index (χ3v) is 5.75. The number of aliphatic hydroxyl groups is 1. The Labute approximate surface area is 134 Å². The van der Waals surface area contributed by atoms with Crippen molar-refractivity contribution in [3.8, 4) is 0 Å². The minimum Gasteiger partial charge on any atom is -0.388 e. The summed E-state index contributed by atoms with van der Waals surface area (Å²) in [5, 5.41) is 17.2. The summed E-state index contributed by atoms with van der Waals surface area (Å²) in [6.07, 6.45) is 7.42. The fraction of sp³-hybridized carbons (Fsp3) is 0.300. The highest BCUT2D eigenvalue weighted by Crippen LogP contribution is 2.31. The van der Waals surface area contributed by atoms with Crippen molar-refractivity contribution in [2.75, 3.05) is 18.3 Å². The molecule has 1 aliphatic rings. The van der Waals surface area contributed by atoms with Crippen LogP contribution in [0.25, 0.3) is 27.6 Å². The molecule has 0 saturated carbocycles. The lowest BCUT2D eigenvalue weighted by atomic mass is 9.83. The molecular weight excluding hydrogens is 288 g/mol. The molecule has 3 aromatic carbocycles. The molecule has 0 aliphatic heterocycles. The van der Waals surface area contributed by atoms with Crippen LogP contribution < -0.4 is 5.22 Å². The van der Waals surface area contributed by atoms with Gasteiger partial charge in [0, 0.05) is 5.92 Å². The van der Waals surface area contributed by atoms with Gasteiger partial charge in [0.2, 0.25) is 0 Å². The molecule has 0 spiro atoms. The molecule has 112 valence electrons. The topological polar surface area (TPSA) is 20.2 Å². The highest BCUT2D eigenvalue weighted by Gasteiger charge is 2.26. The van der Waals surface area contributed by atoms with Gasteiger partial charge in [0.05, 0.1) is 12.5 Å². The van der Waals surface area contributed by atoms with E-state index in [1.54, 1.807) is 0 Å². The molecule has 0 bridgehead atoms. The first-order valence-corrected chi connectivity index (χ1v) is 10.0. The van der Waals surface area contributed by atoms with E-state index in [0.717, 1.165) is 12.2 Å². The number of benzene rings is 3. The quantitative estimate of drug-likeness (QED) is 0.738. The third-order valence-electron chi connectivity index (χ3n) is 4.74. The standard InChI is InChI=1S/C20H21OS/c1-22(2)12-18(21)17-10-15-8-6-13-4-3-5-14-7-9-16(11-17)20(15)19(13)14/h3-10,17-18,21H,11-12H2,1-2H3/q+1. The maximum absolute atomic E-state index is 10.6. The van der Waals surface area contributed by atoms with Gasteiger partial charge in [0.1, 0.15) is 11.9 Å². The average Bonchev–Trinajstić information content (AvgIpc) is 2.51. The molecule has 2 heteroatoms. The van der Waals surface area contributed by atoms with E-state index in [4.69, 9.17) is 0 Å². The summed E-state index contributed by atoms with van der Waals surface area (Å²) in [6, 6.07) is 15.4. The van der Waals surface area contributed by atoms with Crippen LogP contribution in [-0.2, 0) is 17.3 Å². The Hall–Kier alpha value is -1.51. The van der Waals surface area contributed by atoms with E-state index in [9.17, 15) is 5.11 Å². The lowest BCUT2D eigenvalue weighted by molar-refractivity contribution is 0.159. The Kier molecular flexibility index (Phi) is 3.39. The number of hydrogen-bond donors (Lipinski definition) is 1. The normalized spacial score (nSPS) is 18.8. The molecule has 1 N–H and O–H groups in total. The summed E-state index contributed by atoms with van der Waals surface area (Å²) in [6.45, 7) is 0. The second-order valence-electron chi connectivity index (χ2n) is 6.59. The Balaban J connectivity index is 1.92. The third kappa shape index (κ3) is 2.22. The lowest BCUT2D eigenvalue weighted by Gasteiger charge is -2.24. The predicted molar refractivity (Wildman–Crippen MR) is 98.4 cm³/mol. The maximum Gasteiger partial charge on any atom is 0.134 e. The predicted octanol–water partition coefficient (Wildman–Crippen LogP) is 2.90. The van der Waals surface area contributed by atoms with Gasteiger partial charge in [-0.3, -0.25) is 0 Å². The number of rotatable bonds is 3. The summed E-state index contributed by atoms with van der Waals surface area (Å²) in [5.41, 5.74) is 1.39. The van der Waals surface area contributed by atoms with Crippen LogP contribution in [0.1, 0.15) is 5.56 Å². The monoisotopic (exact) mass is 309 g/mol. The van der Waals surface area contributed by atoms with Crippen molar-refractivity contribution >= 4 is 38.5 Å². The minimum atomic E-state index is -0.236. The van der Waals surface area contributed by atoms with Crippen LogP contribution in [0.4, 0.5) is 0 Å². The van der Waals surface area contributed by atoms with E-state index in [-0.39, 0.29) is 22.9 Å². The van der Waals surface area contributed by atoms with Crippen molar-refractivity contribution in [3.05, 3.63) is 53.2 Å². The fourth-order valence-corrected chi connectivity index (χ4v) is 4.68. The Morgan fingerprint density at radius 1 is 1.05 bits per heavy atom. The number of aliphatic hydroxyl groups excluding tert-OH is 1. The van der Waals surface area contributed by atoms with Gasteiger partial charge in [0.15, 0.2) is 0 Å². The average molecular weight is 309 g/mol.